The summed E-state index contributed by atoms with van der Waals surface area (Å²) in [6.07, 6.45) is 0.572. The van der Waals surface area contributed by atoms with Crippen LogP contribution in [-0.2, 0) is 29.9 Å². The third kappa shape index (κ3) is 10.6. The number of ether oxygens (including phenoxy) is 2. The summed E-state index contributed by atoms with van der Waals surface area (Å²) >= 11 is 0. The standard InChI is InChI=1S/C11H21NO6S/c1-9(13)12-10(11(14)15)8-19(16)7-3-4-18-6-5-17-2/h10H,3-8H2,1-2H3,(H,12,13)(H,14,15)/t10-,19?/m0/s1. The molecule has 0 saturated heterocycles. The Bertz CT molecular complexity index is 310. The van der Waals surface area contributed by atoms with Gasteiger partial charge in [-0.05, 0) is 6.42 Å². The van der Waals surface area contributed by atoms with E-state index in [1.54, 1.807) is 7.11 Å². The predicted octanol–water partition coefficient (Wildman–Crippen LogP) is -0.622. The summed E-state index contributed by atoms with van der Waals surface area (Å²) in [6.45, 7) is 2.66. The SMILES string of the molecule is COCCOCCCS(=O)C[C@H](NC(C)=O)C(=O)O. The Hall–Kier alpha value is -0.990. The highest BCUT2D eigenvalue weighted by atomic mass is 32.2. The summed E-state index contributed by atoms with van der Waals surface area (Å²) in [6, 6.07) is -1.10. The van der Waals surface area contributed by atoms with E-state index in [2.05, 4.69) is 5.32 Å². The van der Waals surface area contributed by atoms with Gasteiger partial charge in [-0.1, -0.05) is 0 Å². The van der Waals surface area contributed by atoms with Crippen molar-refractivity contribution in [2.75, 3.05) is 38.4 Å². The number of carboxylic acids is 1. The molecule has 0 bridgehead atoms. The first kappa shape index (κ1) is 18.0. The average Bonchev–Trinajstić information content (AvgIpc) is 2.32. The second kappa shape index (κ2) is 10.9. The molecule has 112 valence electrons. The number of carbonyl (C=O) groups excluding carboxylic acids is 1. The van der Waals surface area contributed by atoms with Gasteiger partial charge in [0, 0.05) is 37.2 Å². The fourth-order valence-corrected chi connectivity index (χ4v) is 2.46. The number of aliphatic carboxylic acids is 1. The van der Waals surface area contributed by atoms with E-state index >= 15 is 0 Å². The number of carboxylic acid groups (broad SMARTS) is 1. The first-order valence-corrected chi connectivity index (χ1v) is 7.37. The lowest BCUT2D eigenvalue weighted by molar-refractivity contribution is -0.140. The highest BCUT2D eigenvalue weighted by Gasteiger charge is 2.20. The molecule has 19 heavy (non-hydrogen) atoms. The molecule has 1 unspecified atom stereocenters. The zero-order valence-electron chi connectivity index (χ0n) is 11.2. The van der Waals surface area contributed by atoms with Crippen molar-refractivity contribution in [2.45, 2.75) is 19.4 Å². The summed E-state index contributed by atoms with van der Waals surface area (Å²) < 4.78 is 21.6. The largest absolute Gasteiger partial charge is 0.480 e. The van der Waals surface area contributed by atoms with Crippen molar-refractivity contribution in [3.63, 3.8) is 0 Å². The minimum atomic E-state index is -1.30. The third-order valence-electron chi connectivity index (χ3n) is 2.12. The summed E-state index contributed by atoms with van der Waals surface area (Å²) in [7, 11) is 0.275. The van der Waals surface area contributed by atoms with Crippen LogP contribution in [0.25, 0.3) is 0 Å². The molecule has 2 atom stereocenters. The lowest BCUT2D eigenvalue weighted by Gasteiger charge is -2.12. The van der Waals surface area contributed by atoms with E-state index < -0.39 is 28.7 Å². The lowest BCUT2D eigenvalue weighted by Crippen LogP contribution is -2.43. The van der Waals surface area contributed by atoms with E-state index in [0.717, 1.165) is 0 Å². The van der Waals surface area contributed by atoms with Gasteiger partial charge in [0.2, 0.25) is 5.91 Å². The van der Waals surface area contributed by atoms with Crippen LogP contribution in [0.1, 0.15) is 13.3 Å². The molecular weight excluding hydrogens is 274 g/mol. The maximum absolute atomic E-state index is 11.6. The van der Waals surface area contributed by atoms with Crippen LogP contribution < -0.4 is 5.32 Å². The monoisotopic (exact) mass is 295 g/mol. The number of hydrogen-bond acceptors (Lipinski definition) is 5. The molecule has 0 aliphatic heterocycles. The smallest absolute Gasteiger partial charge is 0.327 e. The van der Waals surface area contributed by atoms with Crippen molar-refractivity contribution >= 4 is 22.7 Å². The van der Waals surface area contributed by atoms with E-state index in [9.17, 15) is 13.8 Å². The molecule has 0 heterocycles. The van der Waals surface area contributed by atoms with Crippen LogP contribution in [0.15, 0.2) is 0 Å². The van der Waals surface area contributed by atoms with Crippen LogP contribution in [0.5, 0.6) is 0 Å². The number of amides is 1. The van der Waals surface area contributed by atoms with Crippen molar-refractivity contribution in [3.8, 4) is 0 Å². The van der Waals surface area contributed by atoms with Gasteiger partial charge < -0.3 is 19.9 Å². The summed E-state index contributed by atoms with van der Waals surface area (Å²) in [5, 5.41) is 11.1. The highest BCUT2D eigenvalue weighted by molar-refractivity contribution is 7.85. The number of nitrogens with one attached hydrogen (secondary N) is 1. The second-order valence-electron chi connectivity index (χ2n) is 3.86. The molecule has 0 aromatic carbocycles. The van der Waals surface area contributed by atoms with Gasteiger partial charge in [0.05, 0.1) is 19.0 Å². The van der Waals surface area contributed by atoms with Crippen LogP contribution in [0.4, 0.5) is 0 Å². The van der Waals surface area contributed by atoms with Gasteiger partial charge in [-0.3, -0.25) is 9.00 Å². The number of carbonyl (C=O) groups is 2. The van der Waals surface area contributed by atoms with E-state index in [4.69, 9.17) is 14.6 Å². The molecule has 0 aliphatic carbocycles. The highest BCUT2D eigenvalue weighted by Crippen LogP contribution is 1.95. The quantitative estimate of drug-likeness (QED) is 0.492. The van der Waals surface area contributed by atoms with Crippen LogP contribution >= 0.6 is 0 Å². The molecule has 0 rings (SSSR count). The molecule has 0 radical (unpaired) electrons. The minimum Gasteiger partial charge on any atom is -0.480 e. The molecule has 0 spiro atoms. The van der Waals surface area contributed by atoms with Crippen LogP contribution in [0.2, 0.25) is 0 Å². The minimum absolute atomic E-state index is 0.0903. The molecule has 7 nitrogen and oxygen atoms in total. The van der Waals surface area contributed by atoms with Crippen molar-refractivity contribution in [2.24, 2.45) is 0 Å². The van der Waals surface area contributed by atoms with Crippen LogP contribution in [0.3, 0.4) is 0 Å². The van der Waals surface area contributed by atoms with Crippen LogP contribution in [0, 0.1) is 0 Å². The van der Waals surface area contributed by atoms with Crippen LogP contribution in [-0.4, -0.2) is 65.7 Å². The van der Waals surface area contributed by atoms with E-state index in [1.165, 1.54) is 6.92 Å². The zero-order chi connectivity index (χ0) is 14.7. The molecular formula is C11H21NO6S. The van der Waals surface area contributed by atoms with Gasteiger partial charge in [0.15, 0.2) is 0 Å². The van der Waals surface area contributed by atoms with Crippen molar-refractivity contribution in [1.29, 1.82) is 0 Å². The van der Waals surface area contributed by atoms with Gasteiger partial charge in [0.25, 0.3) is 0 Å². The van der Waals surface area contributed by atoms with E-state index in [1.807, 2.05) is 0 Å². The maximum atomic E-state index is 11.6. The van der Waals surface area contributed by atoms with E-state index in [-0.39, 0.29) is 5.75 Å². The summed E-state index contributed by atoms with van der Waals surface area (Å²) in [5.74, 6) is -1.38. The summed E-state index contributed by atoms with van der Waals surface area (Å²) in [4.78, 5) is 21.6. The maximum Gasteiger partial charge on any atom is 0.327 e. The van der Waals surface area contributed by atoms with E-state index in [0.29, 0.717) is 32.0 Å². The Morgan fingerprint density at radius 1 is 1.32 bits per heavy atom. The number of rotatable bonds is 11. The van der Waals surface area contributed by atoms with Gasteiger partial charge in [0.1, 0.15) is 6.04 Å². The summed E-state index contributed by atoms with van der Waals surface area (Å²) in [5.41, 5.74) is 0. The Labute approximate surface area is 115 Å². The molecule has 0 aliphatic rings. The van der Waals surface area contributed by atoms with Crippen molar-refractivity contribution in [1.82, 2.24) is 5.32 Å². The molecule has 0 aromatic rings. The third-order valence-corrected chi connectivity index (χ3v) is 3.57. The molecule has 0 fully saturated rings. The first-order valence-electron chi connectivity index (χ1n) is 5.89. The average molecular weight is 295 g/mol. The van der Waals surface area contributed by atoms with Gasteiger partial charge >= 0.3 is 5.97 Å². The normalized spacial score (nSPS) is 13.8. The fraction of sp³-hybridized carbons (Fsp3) is 0.818. The Morgan fingerprint density at radius 3 is 2.53 bits per heavy atom. The predicted molar refractivity (Wildman–Crippen MR) is 70.4 cm³/mol. The van der Waals surface area contributed by atoms with Crippen molar-refractivity contribution < 1.29 is 28.4 Å². The zero-order valence-corrected chi connectivity index (χ0v) is 12.0. The Balaban J connectivity index is 3.81. The first-order chi connectivity index (χ1) is 8.97. The van der Waals surface area contributed by atoms with Crippen molar-refractivity contribution in [3.05, 3.63) is 0 Å². The Morgan fingerprint density at radius 2 is 2.00 bits per heavy atom. The number of hydrogen-bond donors (Lipinski definition) is 2. The molecule has 0 saturated carbocycles. The number of methoxy groups -OCH3 is 1. The Kier molecular flexibility index (Phi) is 10.3. The lowest BCUT2D eigenvalue weighted by atomic mass is 10.3. The fourth-order valence-electron chi connectivity index (χ4n) is 1.26. The van der Waals surface area contributed by atoms with Gasteiger partial charge in [-0.2, -0.15) is 0 Å². The molecule has 8 heteroatoms. The topological polar surface area (TPSA) is 102 Å². The van der Waals surface area contributed by atoms with Gasteiger partial charge in [-0.15, -0.1) is 0 Å². The molecule has 2 N–H and O–H groups in total. The molecule has 0 aromatic heterocycles. The second-order valence-corrected chi connectivity index (χ2v) is 5.48. The van der Waals surface area contributed by atoms with Gasteiger partial charge in [-0.25, -0.2) is 4.79 Å². The molecule has 1 amide bonds.